The Balaban J connectivity index is 2.42. The zero-order valence-corrected chi connectivity index (χ0v) is 7.06. The molecule has 0 aliphatic heterocycles. The van der Waals surface area contributed by atoms with Crippen molar-refractivity contribution in [3.63, 3.8) is 0 Å². The summed E-state index contributed by atoms with van der Waals surface area (Å²) in [4.78, 5) is 0. The molecule has 1 N–H and O–H groups in total. The average Bonchev–Trinajstić information content (AvgIpc) is 1.77. The summed E-state index contributed by atoms with van der Waals surface area (Å²) in [6.07, 6.45) is 5.07. The highest BCUT2D eigenvalue weighted by Crippen LogP contribution is 2.49. The van der Waals surface area contributed by atoms with Crippen molar-refractivity contribution in [1.82, 2.24) is 0 Å². The van der Waals surface area contributed by atoms with E-state index in [1.54, 1.807) is 0 Å². The lowest BCUT2D eigenvalue weighted by Crippen LogP contribution is -2.35. The Morgan fingerprint density at radius 3 is 2.10 bits per heavy atom. The van der Waals surface area contributed by atoms with Gasteiger partial charge in [-0.25, -0.2) is 0 Å². The van der Waals surface area contributed by atoms with Crippen LogP contribution in [0.15, 0.2) is 0 Å². The summed E-state index contributed by atoms with van der Waals surface area (Å²) in [6.45, 7) is 4.92. The third-order valence-corrected chi connectivity index (χ3v) is 3.18. The van der Waals surface area contributed by atoms with Crippen LogP contribution in [-0.4, -0.2) is 11.7 Å². The van der Waals surface area contributed by atoms with Gasteiger partial charge in [0.05, 0.1) is 0 Å². The van der Waals surface area contributed by atoms with Crippen LogP contribution < -0.4 is 0 Å². The maximum absolute atomic E-state index is 8.82. The molecular weight excluding hydrogens is 124 g/mol. The SMILES string of the molecule is CC(C)C1(CCO)CCC1. The van der Waals surface area contributed by atoms with E-state index >= 15 is 0 Å². The van der Waals surface area contributed by atoms with Crippen LogP contribution in [0.3, 0.4) is 0 Å². The first-order valence-corrected chi connectivity index (χ1v) is 4.32. The van der Waals surface area contributed by atoms with Gasteiger partial charge in [-0.3, -0.25) is 0 Å². The summed E-state index contributed by atoms with van der Waals surface area (Å²) in [7, 11) is 0. The van der Waals surface area contributed by atoms with Gasteiger partial charge in [-0.05, 0) is 30.6 Å². The fourth-order valence-corrected chi connectivity index (χ4v) is 1.97. The Morgan fingerprint density at radius 1 is 1.40 bits per heavy atom. The van der Waals surface area contributed by atoms with E-state index < -0.39 is 0 Å². The molecule has 0 spiro atoms. The standard InChI is InChI=1S/C9H18O/c1-8(2)9(6-7-10)4-3-5-9/h8,10H,3-7H2,1-2H3. The lowest BCUT2D eigenvalue weighted by molar-refractivity contribution is 0.0362. The Hall–Kier alpha value is -0.0400. The van der Waals surface area contributed by atoms with Gasteiger partial charge in [0.1, 0.15) is 0 Å². The molecular formula is C9H18O. The summed E-state index contributed by atoms with van der Waals surface area (Å²) in [5, 5.41) is 8.82. The highest BCUT2D eigenvalue weighted by molar-refractivity contribution is 4.89. The van der Waals surface area contributed by atoms with Crippen molar-refractivity contribution < 1.29 is 5.11 Å². The Labute approximate surface area is 63.4 Å². The number of hydrogen-bond donors (Lipinski definition) is 1. The lowest BCUT2D eigenvalue weighted by Gasteiger charge is -2.45. The van der Waals surface area contributed by atoms with Crippen LogP contribution in [0.2, 0.25) is 0 Å². The van der Waals surface area contributed by atoms with Crippen molar-refractivity contribution in [3.05, 3.63) is 0 Å². The fraction of sp³-hybridized carbons (Fsp3) is 1.00. The molecule has 0 amide bonds. The normalized spacial score (nSPS) is 22.8. The second-order valence-electron chi connectivity index (χ2n) is 3.84. The summed E-state index contributed by atoms with van der Waals surface area (Å²) in [5.74, 6) is 0.758. The minimum absolute atomic E-state index is 0.373. The van der Waals surface area contributed by atoms with Crippen molar-refractivity contribution in [2.45, 2.75) is 39.5 Å². The largest absolute Gasteiger partial charge is 0.396 e. The first-order chi connectivity index (χ1) is 4.71. The molecule has 0 atom stereocenters. The van der Waals surface area contributed by atoms with Crippen molar-refractivity contribution in [3.8, 4) is 0 Å². The summed E-state index contributed by atoms with van der Waals surface area (Å²) < 4.78 is 0. The molecule has 0 aromatic rings. The van der Waals surface area contributed by atoms with Gasteiger partial charge in [-0.15, -0.1) is 0 Å². The Bertz CT molecular complexity index is 103. The van der Waals surface area contributed by atoms with Crippen molar-refractivity contribution in [2.75, 3.05) is 6.61 Å². The first-order valence-electron chi connectivity index (χ1n) is 4.32. The molecule has 60 valence electrons. The maximum atomic E-state index is 8.82. The zero-order valence-electron chi connectivity index (χ0n) is 7.06. The third-order valence-electron chi connectivity index (χ3n) is 3.18. The monoisotopic (exact) mass is 142 g/mol. The van der Waals surface area contributed by atoms with Gasteiger partial charge in [-0.2, -0.15) is 0 Å². The minimum Gasteiger partial charge on any atom is -0.396 e. The number of hydrogen-bond acceptors (Lipinski definition) is 1. The number of rotatable bonds is 3. The predicted molar refractivity (Wildman–Crippen MR) is 42.8 cm³/mol. The van der Waals surface area contributed by atoms with Gasteiger partial charge >= 0.3 is 0 Å². The van der Waals surface area contributed by atoms with Gasteiger partial charge in [0, 0.05) is 6.61 Å². The highest BCUT2D eigenvalue weighted by Gasteiger charge is 2.38. The molecule has 1 fully saturated rings. The van der Waals surface area contributed by atoms with E-state index in [-0.39, 0.29) is 0 Å². The number of aliphatic hydroxyl groups is 1. The molecule has 1 nitrogen and oxygen atoms in total. The molecule has 0 aromatic carbocycles. The van der Waals surface area contributed by atoms with E-state index in [9.17, 15) is 0 Å². The van der Waals surface area contributed by atoms with Crippen LogP contribution >= 0.6 is 0 Å². The van der Waals surface area contributed by atoms with E-state index in [1.165, 1.54) is 19.3 Å². The molecule has 0 radical (unpaired) electrons. The predicted octanol–water partition coefficient (Wildman–Crippen LogP) is 2.20. The molecule has 1 rings (SSSR count). The molecule has 1 aliphatic rings. The molecule has 1 heteroatoms. The van der Waals surface area contributed by atoms with Crippen molar-refractivity contribution in [1.29, 1.82) is 0 Å². The van der Waals surface area contributed by atoms with Crippen LogP contribution in [0.25, 0.3) is 0 Å². The lowest BCUT2D eigenvalue weighted by atomic mass is 9.60. The molecule has 10 heavy (non-hydrogen) atoms. The molecule has 0 saturated heterocycles. The van der Waals surface area contributed by atoms with Gasteiger partial charge in [0.2, 0.25) is 0 Å². The highest BCUT2D eigenvalue weighted by atomic mass is 16.3. The van der Waals surface area contributed by atoms with E-state index in [0.29, 0.717) is 12.0 Å². The topological polar surface area (TPSA) is 20.2 Å². The van der Waals surface area contributed by atoms with Gasteiger partial charge in [0.15, 0.2) is 0 Å². The zero-order chi connectivity index (χ0) is 7.61. The van der Waals surface area contributed by atoms with Crippen LogP contribution in [0.5, 0.6) is 0 Å². The third kappa shape index (κ3) is 1.20. The molecule has 1 aliphatic carbocycles. The molecule has 0 heterocycles. The second-order valence-corrected chi connectivity index (χ2v) is 3.84. The quantitative estimate of drug-likeness (QED) is 0.640. The average molecular weight is 142 g/mol. The van der Waals surface area contributed by atoms with Crippen molar-refractivity contribution in [2.24, 2.45) is 11.3 Å². The van der Waals surface area contributed by atoms with Crippen LogP contribution in [-0.2, 0) is 0 Å². The van der Waals surface area contributed by atoms with E-state index in [0.717, 1.165) is 12.3 Å². The minimum atomic E-state index is 0.373. The summed E-state index contributed by atoms with van der Waals surface area (Å²) in [6, 6.07) is 0. The first kappa shape index (κ1) is 8.06. The fourth-order valence-electron chi connectivity index (χ4n) is 1.97. The van der Waals surface area contributed by atoms with Crippen molar-refractivity contribution >= 4 is 0 Å². The van der Waals surface area contributed by atoms with Gasteiger partial charge < -0.3 is 5.11 Å². The molecule has 0 bridgehead atoms. The maximum Gasteiger partial charge on any atom is 0.0436 e. The Kier molecular flexibility index (Phi) is 2.35. The van der Waals surface area contributed by atoms with Crippen LogP contribution in [0.1, 0.15) is 39.5 Å². The molecule has 0 aromatic heterocycles. The smallest absolute Gasteiger partial charge is 0.0436 e. The second kappa shape index (κ2) is 2.91. The van der Waals surface area contributed by atoms with Crippen LogP contribution in [0, 0.1) is 11.3 Å². The summed E-state index contributed by atoms with van der Waals surface area (Å²) >= 11 is 0. The Morgan fingerprint density at radius 2 is 2.00 bits per heavy atom. The van der Waals surface area contributed by atoms with Gasteiger partial charge in [-0.1, -0.05) is 20.3 Å². The van der Waals surface area contributed by atoms with Crippen LogP contribution in [0.4, 0.5) is 0 Å². The molecule has 1 saturated carbocycles. The summed E-state index contributed by atoms with van der Waals surface area (Å²) in [5.41, 5.74) is 0.523. The van der Waals surface area contributed by atoms with E-state index in [2.05, 4.69) is 13.8 Å². The number of aliphatic hydroxyl groups excluding tert-OH is 1. The van der Waals surface area contributed by atoms with E-state index in [4.69, 9.17) is 5.11 Å². The van der Waals surface area contributed by atoms with E-state index in [1.807, 2.05) is 0 Å². The van der Waals surface area contributed by atoms with Gasteiger partial charge in [0.25, 0.3) is 0 Å². The molecule has 0 unspecified atom stereocenters.